The summed E-state index contributed by atoms with van der Waals surface area (Å²) in [4.78, 5) is 31.1. The molecule has 4 rings (SSSR count). The van der Waals surface area contributed by atoms with Crippen LogP contribution in [0.5, 0.6) is 0 Å². The number of amides is 1. The molecule has 0 fully saturated rings. The van der Waals surface area contributed by atoms with Crippen LogP contribution in [-0.4, -0.2) is 22.0 Å². The zero-order valence-corrected chi connectivity index (χ0v) is 13.9. The summed E-state index contributed by atoms with van der Waals surface area (Å²) in [5.41, 5.74) is 2.90. The number of carbonyl (C=O) groups is 1. The SMILES string of the molecule is O=C(CCCn1cnc2ccccc2c1=O)N1CCc2ccccc21. The number of benzene rings is 2. The number of aromatic nitrogens is 2. The van der Waals surface area contributed by atoms with Crippen molar-refractivity contribution in [2.24, 2.45) is 0 Å². The van der Waals surface area contributed by atoms with Crippen LogP contribution in [0, 0.1) is 0 Å². The highest BCUT2D eigenvalue weighted by atomic mass is 16.2. The highest BCUT2D eigenvalue weighted by Crippen LogP contribution is 2.28. The van der Waals surface area contributed by atoms with Crippen molar-refractivity contribution in [1.29, 1.82) is 0 Å². The minimum atomic E-state index is -0.0513. The third-order valence-electron chi connectivity index (χ3n) is 4.71. The number of aryl methyl sites for hydroxylation is 1. The Bertz CT molecular complexity index is 993. The van der Waals surface area contributed by atoms with Crippen molar-refractivity contribution < 1.29 is 4.79 Å². The van der Waals surface area contributed by atoms with Crippen LogP contribution in [0.15, 0.2) is 59.7 Å². The lowest BCUT2D eigenvalue weighted by atomic mass is 10.2. The molecule has 2 aromatic carbocycles. The molecule has 2 heterocycles. The van der Waals surface area contributed by atoms with E-state index in [0.29, 0.717) is 30.3 Å². The second kappa shape index (κ2) is 6.51. The third kappa shape index (κ3) is 2.93. The summed E-state index contributed by atoms with van der Waals surface area (Å²) in [5, 5.41) is 0.616. The fraction of sp³-hybridized carbons (Fsp3) is 0.250. The molecule has 5 nitrogen and oxygen atoms in total. The molecule has 1 aliphatic rings. The van der Waals surface area contributed by atoms with E-state index >= 15 is 0 Å². The van der Waals surface area contributed by atoms with E-state index in [2.05, 4.69) is 11.1 Å². The van der Waals surface area contributed by atoms with E-state index in [1.165, 1.54) is 5.56 Å². The van der Waals surface area contributed by atoms with E-state index in [0.717, 1.165) is 18.7 Å². The van der Waals surface area contributed by atoms with Gasteiger partial charge in [-0.05, 0) is 36.6 Å². The Morgan fingerprint density at radius 3 is 2.80 bits per heavy atom. The van der Waals surface area contributed by atoms with Gasteiger partial charge in [0.05, 0.1) is 17.2 Å². The number of hydrogen-bond donors (Lipinski definition) is 0. The molecule has 0 radical (unpaired) electrons. The predicted octanol–water partition coefficient (Wildman–Crippen LogP) is 2.77. The molecule has 1 amide bonds. The number of anilines is 1. The van der Waals surface area contributed by atoms with E-state index in [9.17, 15) is 9.59 Å². The van der Waals surface area contributed by atoms with Crippen LogP contribution < -0.4 is 10.5 Å². The average Bonchev–Trinajstić information content (AvgIpc) is 3.08. The smallest absolute Gasteiger partial charge is 0.261 e. The molecule has 5 heteroatoms. The Morgan fingerprint density at radius 1 is 1.08 bits per heavy atom. The standard InChI is InChI=1S/C20H19N3O2/c24-19(23-13-11-15-6-1-4-9-18(15)23)10-5-12-22-14-21-17-8-3-2-7-16(17)20(22)25/h1-4,6-9,14H,5,10-13H2. The van der Waals surface area contributed by atoms with Gasteiger partial charge in [0.2, 0.25) is 5.91 Å². The monoisotopic (exact) mass is 333 g/mol. The molecular weight excluding hydrogens is 314 g/mol. The van der Waals surface area contributed by atoms with Crippen LogP contribution in [0.1, 0.15) is 18.4 Å². The fourth-order valence-electron chi connectivity index (χ4n) is 3.40. The van der Waals surface area contributed by atoms with Crippen molar-refractivity contribution in [3.8, 4) is 0 Å². The van der Waals surface area contributed by atoms with E-state index in [4.69, 9.17) is 0 Å². The van der Waals surface area contributed by atoms with E-state index < -0.39 is 0 Å². The summed E-state index contributed by atoms with van der Waals surface area (Å²) >= 11 is 0. The molecule has 0 unspecified atom stereocenters. The van der Waals surface area contributed by atoms with Crippen LogP contribution in [0.3, 0.4) is 0 Å². The van der Waals surface area contributed by atoms with Gasteiger partial charge in [0, 0.05) is 25.2 Å². The second-order valence-corrected chi connectivity index (χ2v) is 6.29. The molecule has 0 bridgehead atoms. The highest BCUT2D eigenvalue weighted by molar-refractivity contribution is 5.95. The molecule has 126 valence electrons. The largest absolute Gasteiger partial charge is 0.312 e. The van der Waals surface area contributed by atoms with Crippen LogP contribution in [0.2, 0.25) is 0 Å². The Kier molecular flexibility index (Phi) is 4.06. The van der Waals surface area contributed by atoms with Gasteiger partial charge in [-0.2, -0.15) is 0 Å². The van der Waals surface area contributed by atoms with E-state index in [1.807, 2.05) is 41.3 Å². The minimum absolute atomic E-state index is 0.0513. The third-order valence-corrected chi connectivity index (χ3v) is 4.71. The summed E-state index contributed by atoms with van der Waals surface area (Å²) in [6, 6.07) is 15.4. The number of para-hydroxylation sites is 2. The van der Waals surface area contributed by atoms with E-state index in [1.54, 1.807) is 17.0 Å². The average molecular weight is 333 g/mol. The predicted molar refractivity (Wildman–Crippen MR) is 97.7 cm³/mol. The topological polar surface area (TPSA) is 55.2 Å². The number of carbonyl (C=O) groups excluding carboxylic acids is 1. The van der Waals surface area contributed by atoms with Crippen LogP contribution in [0.4, 0.5) is 5.69 Å². The summed E-state index contributed by atoms with van der Waals surface area (Å²) in [7, 11) is 0. The first-order valence-electron chi connectivity index (χ1n) is 8.56. The van der Waals surface area contributed by atoms with Gasteiger partial charge in [0.25, 0.3) is 5.56 Å². The Hall–Kier alpha value is -2.95. The van der Waals surface area contributed by atoms with Crippen LogP contribution >= 0.6 is 0 Å². The molecule has 25 heavy (non-hydrogen) atoms. The first-order chi connectivity index (χ1) is 12.2. The van der Waals surface area contributed by atoms with Gasteiger partial charge in [0.1, 0.15) is 0 Å². The van der Waals surface area contributed by atoms with Crippen molar-refractivity contribution in [2.75, 3.05) is 11.4 Å². The molecule has 0 saturated carbocycles. The van der Waals surface area contributed by atoms with Crippen molar-refractivity contribution >= 4 is 22.5 Å². The quantitative estimate of drug-likeness (QED) is 0.738. The van der Waals surface area contributed by atoms with E-state index in [-0.39, 0.29) is 11.5 Å². The fourth-order valence-corrected chi connectivity index (χ4v) is 3.40. The summed E-state index contributed by atoms with van der Waals surface area (Å²) in [6.45, 7) is 1.24. The Morgan fingerprint density at radius 2 is 1.88 bits per heavy atom. The van der Waals surface area contributed by atoms with Gasteiger partial charge in [-0.1, -0.05) is 30.3 Å². The number of rotatable bonds is 4. The lowest BCUT2D eigenvalue weighted by Crippen LogP contribution is -2.29. The van der Waals surface area contributed by atoms with Crippen molar-refractivity contribution in [1.82, 2.24) is 9.55 Å². The first kappa shape index (κ1) is 15.6. The molecule has 0 spiro atoms. The molecule has 1 aliphatic heterocycles. The maximum absolute atomic E-state index is 12.5. The molecule has 0 N–H and O–H groups in total. The lowest BCUT2D eigenvalue weighted by Gasteiger charge is -2.17. The Balaban J connectivity index is 1.42. The van der Waals surface area contributed by atoms with Crippen LogP contribution in [0.25, 0.3) is 10.9 Å². The molecule has 1 aromatic heterocycles. The van der Waals surface area contributed by atoms with Gasteiger partial charge < -0.3 is 4.90 Å². The van der Waals surface area contributed by atoms with Gasteiger partial charge in [-0.25, -0.2) is 4.98 Å². The summed E-state index contributed by atoms with van der Waals surface area (Å²) in [6.07, 6.45) is 3.53. The molecular formula is C20H19N3O2. The second-order valence-electron chi connectivity index (χ2n) is 6.29. The van der Waals surface area contributed by atoms with Crippen molar-refractivity contribution in [3.05, 3.63) is 70.8 Å². The van der Waals surface area contributed by atoms with Crippen LogP contribution in [-0.2, 0) is 17.8 Å². The normalized spacial score (nSPS) is 13.2. The van der Waals surface area contributed by atoms with Gasteiger partial charge in [-0.3, -0.25) is 14.2 Å². The van der Waals surface area contributed by atoms with Crippen molar-refractivity contribution in [3.63, 3.8) is 0 Å². The number of hydrogen-bond acceptors (Lipinski definition) is 3. The molecule has 0 atom stereocenters. The minimum Gasteiger partial charge on any atom is -0.312 e. The maximum atomic E-state index is 12.5. The maximum Gasteiger partial charge on any atom is 0.261 e. The van der Waals surface area contributed by atoms with Crippen molar-refractivity contribution in [2.45, 2.75) is 25.8 Å². The zero-order chi connectivity index (χ0) is 17.2. The first-order valence-corrected chi connectivity index (χ1v) is 8.56. The highest BCUT2D eigenvalue weighted by Gasteiger charge is 2.23. The number of fused-ring (bicyclic) bond motifs is 2. The Labute approximate surface area is 145 Å². The molecule has 0 saturated heterocycles. The van der Waals surface area contributed by atoms with Gasteiger partial charge in [-0.15, -0.1) is 0 Å². The summed E-state index contributed by atoms with van der Waals surface area (Å²) < 4.78 is 1.59. The van der Waals surface area contributed by atoms with Gasteiger partial charge >= 0.3 is 0 Å². The zero-order valence-electron chi connectivity index (χ0n) is 13.9. The van der Waals surface area contributed by atoms with Gasteiger partial charge in [0.15, 0.2) is 0 Å². The molecule has 0 aliphatic carbocycles. The summed E-state index contributed by atoms with van der Waals surface area (Å²) in [5.74, 6) is 0.117. The molecule has 3 aromatic rings. The lowest BCUT2D eigenvalue weighted by molar-refractivity contribution is -0.118. The number of nitrogens with zero attached hydrogens (tertiary/aromatic N) is 3.